The predicted molar refractivity (Wildman–Crippen MR) is 129 cm³/mol. The van der Waals surface area contributed by atoms with Gasteiger partial charge in [-0.3, -0.25) is 4.99 Å². The molecule has 3 aromatic rings. The van der Waals surface area contributed by atoms with Gasteiger partial charge >= 0.3 is 0 Å². The molecule has 4 rings (SSSR count). The van der Waals surface area contributed by atoms with Crippen LogP contribution in [0.2, 0.25) is 0 Å². The molecule has 1 fully saturated rings. The van der Waals surface area contributed by atoms with Crippen molar-refractivity contribution in [1.82, 2.24) is 20.6 Å². The van der Waals surface area contributed by atoms with Crippen LogP contribution in [0.4, 0.5) is 5.82 Å². The zero-order valence-corrected chi connectivity index (χ0v) is 19.1. The molecule has 0 atom stereocenters. The maximum Gasteiger partial charge on any atom is 0.226 e. The van der Waals surface area contributed by atoms with Gasteiger partial charge in [0.15, 0.2) is 5.96 Å². The second-order valence-corrected chi connectivity index (χ2v) is 8.48. The van der Waals surface area contributed by atoms with Gasteiger partial charge in [0.05, 0.1) is 12.2 Å². The number of nitrogens with zero attached hydrogens (tertiary/aromatic N) is 4. The maximum absolute atomic E-state index is 5.63. The Morgan fingerprint density at radius 3 is 2.53 bits per heavy atom. The van der Waals surface area contributed by atoms with E-state index in [1.54, 1.807) is 13.3 Å². The Morgan fingerprint density at radius 2 is 1.84 bits per heavy atom. The molecule has 3 heterocycles. The van der Waals surface area contributed by atoms with Crippen molar-refractivity contribution in [2.45, 2.75) is 39.8 Å². The van der Waals surface area contributed by atoms with E-state index in [9.17, 15) is 0 Å². The first-order valence-corrected chi connectivity index (χ1v) is 11.3. The third kappa shape index (κ3) is 5.66. The summed E-state index contributed by atoms with van der Waals surface area (Å²) in [5.74, 6) is 3.22. The largest absolute Gasteiger partial charge is 0.444 e. The number of pyridine rings is 1. The lowest BCUT2D eigenvalue weighted by Crippen LogP contribution is -2.36. The van der Waals surface area contributed by atoms with Crippen LogP contribution in [0, 0.1) is 12.8 Å². The van der Waals surface area contributed by atoms with E-state index in [1.165, 1.54) is 18.4 Å². The minimum atomic E-state index is 0.527. The molecule has 32 heavy (non-hydrogen) atoms. The Bertz CT molecular complexity index is 1020. The Balaban J connectivity index is 1.26. The minimum absolute atomic E-state index is 0.527. The van der Waals surface area contributed by atoms with Gasteiger partial charge < -0.3 is 20.0 Å². The third-order valence-corrected chi connectivity index (χ3v) is 5.89. The number of hydrogen-bond donors (Lipinski definition) is 2. The maximum atomic E-state index is 5.63. The highest BCUT2D eigenvalue weighted by atomic mass is 16.3. The number of aromatic nitrogens is 2. The Labute approximate surface area is 190 Å². The van der Waals surface area contributed by atoms with Crippen LogP contribution in [-0.4, -0.2) is 36.1 Å². The summed E-state index contributed by atoms with van der Waals surface area (Å²) >= 11 is 0. The predicted octanol–water partition coefficient (Wildman–Crippen LogP) is 4.15. The highest BCUT2D eigenvalue weighted by molar-refractivity contribution is 5.79. The first-order chi connectivity index (χ1) is 15.6. The van der Waals surface area contributed by atoms with Gasteiger partial charge in [0.1, 0.15) is 12.1 Å². The smallest absolute Gasteiger partial charge is 0.226 e. The lowest BCUT2D eigenvalue weighted by Gasteiger charge is -2.31. The normalized spacial score (nSPS) is 15.1. The molecule has 1 saturated heterocycles. The average Bonchev–Trinajstić information content (AvgIpc) is 3.30. The number of oxazole rings is 1. The molecule has 168 valence electrons. The summed E-state index contributed by atoms with van der Waals surface area (Å²) in [4.78, 5) is 15.9. The third-order valence-electron chi connectivity index (χ3n) is 5.89. The highest BCUT2D eigenvalue weighted by Gasteiger charge is 2.16. The van der Waals surface area contributed by atoms with Crippen LogP contribution >= 0.6 is 0 Å². The fraction of sp³-hybridized carbons (Fsp3) is 0.400. The first kappa shape index (κ1) is 21.9. The quantitative estimate of drug-likeness (QED) is 0.450. The molecule has 2 aromatic heterocycles. The molecule has 0 unspecified atom stereocenters. The number of benzene rings is 1. The van der Waals surface area contributed by atoms with Crippen molar-refractivity contribution in [3.8, 4) is 11.5 Å². The van der Waals surface area contributed by atoms with Crippen molar-refractivity contribution in [2.24, 2.45) is 10.9 Å². The minimum Gasteiger partial charge on any atom is -0.444 e. The van der Waals surface area contributed by atoms with E-state index in [0.29, 0.717) is 24.9 Å². The summed E-state index contributed by atoms with van der Waals surface area (Å²) in [6.45, 7) is 7.75. The summed E-state index contributed by atoms with van der Waals surface area (Å²) in [6.07, 6.45) is 6.11. The van der Waals surface area contributed by atoms with Crippen LogP contribution < -0.4 is 15.5 Å². The monoisotopic (exact) mass is 432 g/mol. The Morgan fingerprint density at radius 1 is 1.09 bits per heavy atom. The topological polar surface area (TPSA) is 78.6 Å². The standard InChI is InChI=1S/C25H32N6O/c1-18-4-7-21(8-5-18)24-30-22(17-32-24)16-29-25(26-3)28-15-20-6-9-23(27-14-20)31-12-10-19(2)11-13-31/h4-9,14,17,19H,10-13,15-16H2,1-3H3,(H2,26,28,29). The Kier molecular flexibility index (Phi) is 7.04. The van der Waals surface area contributed by atoms with Crippen LogP contribution in [-0.2, 0) is 13.1 Å². The summed E-state index contributed by atoms with van der Waals surface area (Å²) in [7, 11) is 1.76. The van der Waals surface area contributed by atoms with E-state index in [2.05, 4.69) is 68.6 Å². The number of aliphatic imine (C=N–C) groups is 1. The molecule has 0 bridgehead atoms. The van der Waals surface area contributed by atoms with Crippen molar-refractivity contribution in [3.63, 3.8) is 0 Å². The summed E-state index contributed by atoms with van der Waals surface area (Å²) in [5.41, 5.74) is 4.12. The number of anilines is 1. The van der Waals surface area contributed by atoms with Gasteiger partial charge in [-0.1, -0.05) is 30.7 Å². The van der Waals surface area contributed by atoms with Crippen LogP contribution in [0.15, 0.2) is 58.3 Å². The van der Waals surface area contributed by atoms with E-state index < -0.39 is 0 Å². The van der Waals surface area contributed by atoms with Crippen LogP contribution in [0.25, 0.3) is 11.5 Å². The Hall–Kier alpha value is -3.35. The summed E-state index contributed by atoms with van der Waals surface area (Å²) in [6, 6.07) is 12.4. The fourth-order valence-electron chi connectivity index (χ4n) is 3.74. The van der Waals surface area contributed by atoms with Gasteiger partial charge in [0, 0.05) is 38.4 Å². The van der Waals surface area contributed by atoms with E-state index in [-0.39, 0.29) is 0 Å². The number of rotatable bonds is 6. The molecular formula is C25H32N6O. The van der Waals surface area contributed by atoms with E-state index >= 15 is 0 Å². The van der Waals surface area contributed by atoms with Crippen molar-refractivity contribution < 1.29 is 4.42 Å². The second kappa shape index (κ2) is 10.3. The molecule has 1 aliphatic heterocycles. The van der Waals surface area contributed by atoms with E-state index in [1.807, 2.05) is 18.3 Å². The fourth-order valence-corrected chi connectivity index (χ4v) is 3.74. The SMILES string of the molecule is CN=C(NCc1ccc(N2CCC(C)CC2)nc1)NCc1coc(-c2ccc(C)cc2)n1. The number of piperidine rings is 1. The lowest BCUT2D eigenvalue weighted by molar-refractivity contribution is 0.436. The molecule has 7 nitrogen and oxygen atoms in total. The van der Waals surface area contributed by atoms with Crippen LogP contribution in [0.5, 0.6) is 0 Å². The van der Waals surface area contributed by atoms with Gasteiger partial charge in [-0.05, 0) is 49.4 Å². The number of nitrogens with one attached hydrogen (secondary N) is 2. The molecule has 0 saturated carbocycles. The van der Waals surface area contributed by atoms with Crippen molar-refractivity contribution in [3.05, 3.63) is 65.7 Å². The highest BCUT2D eigenvalue weighted by Crippen LogP contribution is 2.21. The molecule has 1 aromatic carbocycles. The zero-order chi connectivity index (χ0) is 22.3. The number of aryl methyl sites for hydroxylation is 1. The molecule has 0 radical (unpaired) electrons. The second-order valence-electron chi connectivity index (χ2n) is 8.48. The van der Waals surface area contributed by atoms with Gasteiger partial charge in [0.25, 0.3) is 0 Å². The van der Waals surface area contributed by atoms with Gasteiger partial charge in [-0.2, -0.15) is 0 Å². The van der Waals surface area contributed by atoms with Crippen molar-refractivity contribution in [2.75, 3.05) is 25.0 Å². The van der Waals surface area contributed by atoms with E-state index in [4.69, 9.17) is 4.42 Å². The molecule has 0 amide bonds. The molecule has 0 aliphatic carbocycles. The molecule has 2 N–H and O–H groups in total. The van der Waals surface area contributed by atoms with Gasteiger partial charge in [0.2, 0.25) is 5.89 Å². The molecule has 7 heteroatoms. The van der Waals surface area contributed by atoms with Gasteiger partial charge in [-0.25, -0.2) is 9.97 Å². The first-order valence-electron chi connectivity index (χ1n) is 11.3. The van der Waals surface area contributed by atoms with E-state index in [0.717, 1.165) is 41.6 Å². The summed E-state index contributed by atoms with van der Waals surface area (Å²) < 4.78 is 5.63. The van der Waals surface area contributed by atoms with Crippen molar-refractivity contribution in [1.29, 1.82) is 0 Å². The van der Waals surface area contributed by atoms with Crippen molar-refractivity contribution >= 4 is 11.8 Å². The van der Waals surface area contributed by atoms with Crippen LogP contribution in [0.1, 0.15) is 36.6 Å². The molecule has 0 spiro atoms. The summed E-state index contributed by atoms with van der Waals surface area (Å²) in [5, 5.41) is 6.62. The van der Waals surface area contributed by atoms with Crippen LogP contribution in [0.3, 0.4) is 0 Å². The zero-order valence-electron chi connectivity index (χ0n) is 19.1. The average molecular weight is 433 g/mol. The molecular weight excluding hydrogens is 400 g/mol. The number of hydrogen-bond acceptors (Lipinski definition) is 5. The molecule has 1 aliphatic rings. The number of guanidine groups is 1. The lowest BCUT2D eigenvalue weighted by atomic mass is 9.99. The van der Waals surface area contributed by atoms with Gasteiger partial charge in [-0.15, -0.1) is 0 Å².